The second-order valence-electron chi connectivity index (χ2n) is 14.8. The predicted octanol–water partition coefficient (Wildman–Crippen LogP) is 5.82. The highest BCUT2D eigenvalue weighted by molar-refractivity contribution is 5.96. The summed E-state index contributed by atoms with van der Waals surface area (Å²) in [6.45, 7) is 10.9. The van der Waals surface area contributed by atoms with Crippen LogP contribution in [0.3, 0.4) is 0 Å². The number of carbonyl (C=O) groups is 3. The van der Waals surface area contributed by atoms with E-state index in [1.807, 2.05) is 91.5 Å². The van der Waals surface area contributed by atoms with Crippen LogP contribution in [0.4, 0.5) is 11.4 Å². The first-order valence-electron chi connectivity index (χ1n) is 19.8. The number of hydrogen-bond donors (Lipinski definition) is 0. The zero-order valence-corrected chi connectivity index (χ0v) is 33.3. The maximum absolute atomic E-state index is 14.7. The van der Waals surface area contributed by atoms with E-state index in [0.29, 0.717) is 39.2 Å². The molecular weight excluding hydrogens is 701 g/mol. The molecule has 0 aliphatic carbocycles. The van der Waals surface area contributed by atoms with Crippen molar-refractivity contribution in [1.82, 2.24) is 19.6 Å². The van der Waals surface area contributed by atoms with E-state index in [9.17, 15) is 14.4 Å². The molecule has 2 saturated heterocycles. The Bertz CT molecular complexity index is 1900. The van der Waals surface area contributed by atoms with E-state index >= 15 is 0 Å². The third-order valence-electron chi connectivity index (χ3n) is 10.7. The van der Waals surface area contributed by atoms with Gasteiger partial charge in [-0.1, -0.05) is 66.7 Å². The molecule has 294 valence electrons. The Labute approximate surface area is 332 Å². The monoisotopic (exact) mass is 756 g/mol. The molecule has 10 heteroatoms. The van der Waals surface area contributed by atoms with Crippen LogP contribution >= 0.6 is 0 Å². The van der Waals surface area contributed by atoms with E-state index in [4.69, 9.17) is 4.74 Å². The van der Waals surface area contributed by atoms with Gasteiger partial charge in [0, 0.05) is 110 Å². The van der Waals surface area contributed by atoms with Gasteiger partial charge in [-0.2, -0.15) is 0 Å². The first-order chi connectivity index (χ1) is 27.2. The van der Waals surface area contributed by atoms with Crippen molar-refractivity contribution < 1.29 is 19.1 Å². The standard InChI is InChI=1S/C46H56N6O4/c1-5-56-43-22-15-37(16-23-43)17-24-45(54)52(35-40-13-20-42(21-14-40)50-31-29-49(30-32-50)36(2)53)44(33-38-9-7-6-8-10-38)46(55)51-27-25-48(26-28-51)34-39-11-18-41(19-12-39)47(3)4/h6-24,44H,5,25-35H2,1-4H3/b24-17+/t44-/m0/s1. The largest absolute Gasteiger partial charge is 0.494 e. The molecule has 0 saturated carbocycles. The van der Waals surface area contributed by atoms with Gasteiger partial charge >= 0.3 is 0 Å². The molecule has 10 nitrogen and oxygen atoms in total. The van der Waals surface area contributed by atoms with Crippen LogP contribution in [0.5, 0.6) is 5.75 Å². The van der Waals surface area contributed by atoms with Crippen LogP contribution in [0.15, 0.2) is 109 Å². The number of rotatable bonds is 14. The summed E-state index contributed by atoms with van der Waals surface area (Å²) in [6, 6.07) is 33.8. The van der Waals surface area contributed by atoms with Crippen LogP contribution in [0, 0.1) is 0 Å². The Hall–Kier alpha value is -5.61. The fourth-order valence-electron chi connectivity index (χ4n) is 7.40. The van der Waals surface area contributed by atoms with E-state index in [2.05, 4.69) is 63.2 Å². The average molecular weight is 757 g/mol. The van der Waals surface area contributed by atoms with Crippen LogP contribution in [0.25, 0.3) is 6.08 Å². The smallest absolute Gasteiger partial charge is 0.247 e. The number of carbonyl (C=O) groups excluding carboxylic acids is 3. The molecule has 2 aliphatic rings. The average Bonchev–Trinajstić information content (AvgIpc) is 3.22. The number of piperazine rings is 2. The second-order valence-corrected chi connectivity index (χ2v) is 14.8. The van der Waals surface area contributed by atoms with Crippen molar-refractivity contribution in [2.75, 3.05) is 82.9 Å². The van der Waals surface area contributed by atoms with Crippen molar-refractivity contribution in [2.45, 2.75) is 39.4 Å². The summed E-state index contributed by atoms with van der Waals surface area (Å²) in [5.74, 6) is 0.621. The third-order valence-corrected chi connectivity index (χ3v) is 10.7. The van der Waals surface area contributed by atoms with E-state index in [0.717, 1.165) is 60.9 Å². The lowest BCUT2D eigenvalue weighted by molar-refractivity contribution is -0.145. The fourth-order valence-corrected chi connectivity index (χ4v) is 7.40. The molecule has 0 spiro atoms. The predicted molar refractivity (Wildman–Crippen MR) is 225 cm³/mol. The lowest BCUT2D eigenvalue weighted by atomic mass is 10.0. The number of nitrogens with zero attached hydrogens (tertiary/aromatic N) is 6. The second kappa shape index (κ2) is 19.3. The topological polar surface area (TPSA) is 79.9 Å². The summed E-state index contributed by atoms with van der Waals surface area (Å²) in [4.78, 5) is 53.4. The number of anilines is 2. The zero-order chi connectivity index (χ0) is 39.4. The van der Waals surface area contributed by atoms with Gasteiger partial charge in [0.15, 0.2) is 0 Å². The van der Waals surface area contributed by atoms with Gasteiger partial charge in [-0.15, -0.1) is 0 Å². The molecule has 0 N–H and O–H groups in total. The molecule has 0 unspecified atom stereocenters. The number of amides is 3. The molecule has 0 bridgehead atoms. The van der Waals surface area contributed by atoms with E-state index < -0.39 is 6.04 Å². The molecule has 2 heterocycles. The van der Waals surface area contributed by atoms with Crippen molar-refractivity contribution >= 4 is 35.2 Å². The van der Waals surface area contributed by atoms with E-state index in [1.54, 1.807) is 17.9 Å². The number of ether oxygens (including phenoxy) is 1. The minimum absolute atomic E-state index is 0.0355. The van der Waals surface area contributed by atoms with Gasteiger partial charge < -0.3 is 29.2 Å². The van der Waals surface area contributed by atoms with E-state index in [-0.39, 0.29) is 24.3 Å². The molecular formula is C46H56N6O4. The molecule has 3 amide bonds. The van der Waals surface area contributed by atoms with Crippen molar-refractivity contribution in [3.63, 3.8) is 0 Å². The van der Waals surface area contributed by atoms with Crippen molar-refractivity contribution in [2.24, 2.45) is 0 Å². The van der Waals surface area contributed by atoms with Crippen LogP contribution in [-0.4, -0.2) is 116 Å². The SMILES string of the molecule is CCOc1ccc(/C=C/C(=O)N(Cc2ccc(N3CCN(C(C)=O)CC3)cc2)[C@@H](Cc2ccccc2)C(=O)N2CCN(Cc3ccc(N(C)C)cc3)CC2)cc1. The third kappa shape index (κ3) is 10.8. The summed E-state index contributed by atoms with van der Waals surface area (Å²) in [5, 5.41) is 0. The van der Waals surface area contributed by atoms with E-state index in [1.165, 1.54) is 11.3 Å². The maximum Gasteiger partial charge on any atom is 0.247 e. The Kier molecular flexibility index (Phi) is 13.8. The Morgan fingerprint density at radius 3 is 1.95 bits per heavy atom. The Balaban J connectivity index is 1.23. The number of hydrogen-bond acceptors (Lipinski definition) is 7. The number of benzene rings is 4. The highest BCUT2D eigenvalue weighted by Crippen LogP contribution is 2.23. The summed E-state index contributed by atoms with van der Waals surface area (Å²) < 4.78 is 5.61. The van der Waals surface area contributed by atoms with Crippen LogP contribution < -0.4 is 14.5 Å². The lowest BCUT2D eigenvalue weighted by Crippen LogP contribution is -2.56. The summed E-state index contributed by atoms with van der Waals surface area (Å²) in [6.07, 6.45) is 3.80. The highest BCUT2D eigenvalue weighted by atomic mass is 16.5. The van der Waals surface area contributed by atoms with Gasteiger partial charge in [0.25, 0.3) is 0 Å². The summed E-state index contributed by atoms with van der Waals surface area (Å²) >= 11 is 0. The summed E-state index contributed by atoms with van der Waals surface area (Å²) in [7, 11) is 4.08. The molecule has 0 aromatic heterocycles. The minimum Gasteiger partial charge on any atom is -0.494 e. The van der Waals surface area contributed by atoms with Gasteiger partial charge in [-0.3, -0.25) is 19.3 Å². The minimum atomic E-state index is -0.709. The molecule has 2 aliphatic heterocycles. The normalized spacial score (nSPS) is 15.5. The van der Waals surface area contributed by atoms with Crippen molar-refractivity contribution in [3.8, 4) is 5.75 Å². The first-order valence-corrected chi connectivity index (χ1v) is 19.8. The maximum atomic E-state index is 14.7. The Morgan fingerprint density at radius 1 is 0.714 bits per heavy atom. The molecule has 1 atom stereocenters. The first kappa shape index (κ1) is 40.1. The molecule has 4 aromatic rings. The zero-order valence-electron chi connectivity index (χ0n) is 33.3. The lowest BCUT2D eigenvalue weighted by Gasteiger charge is -2.39. The van der Waals surface area contributed by atoms with Crippen LogP contribution in [-0.2, 0) is 33.9 Å². The van der Waals surface area contributed by atoms with Gasteiger partial charge in [0.1, 0.15) is 11.8 Å². The molecule has 6 rings (SSSR count). The highest BCUT2D eigenvalue weighted by Gasteiger charge is 2.34. The molecule has 4 aromatic carbocycles. The van der Waals surface area contributed by atoms with Crippen LogP contribution in [0.2, 0.25) is 0 Å². The van der Waals surface area contributed by atoms with Crippen molar-refractivity contribution in [3.05, 3.63) is 131 Å². The quantitative estimate of drug-likeness (QED) is 0.150. The fraction of sp³-hybridized carbons (Fsp3) is 0.370. The molecule has 0 radical (unpaired) electrons. The van der Waals surface area contributed by atoms with Gasteiger partial charge in [0.05, 0.1) is 6.61 Å². The van der Waals surface area contributed by atoms with Gasteiger partial charge in [-0.25, -0.2) is 0 Å². The van der Waals surface area contributed by atoms with Gasteiger partial charge in [0.2, 0.25) is 17.7 Å². The molecule has 56 heavy (non-hydrogen) atoms. The van der Waals surface area contributed by atoms with Crippen molar-refractivity contribution in [1.29, 1.82) is 0 Å². The molecule has 2 fully saturated rings. The summed E-state index contributed by atoms with van der Waals surface area (Å²) in [5.41, 5.74) is 6.30. The van der Waals surface area contributed by atoms with Gasteiger partial charge in [-0.05, 0) is 71.7 Å². The Morgan fingerprint density at radius 2 is 1.34 bits per heavy atom. The van der Waals surface area contributed by atoms with Crippen LogP contribution in [0.1, 0.15) is 36.1 Å².